The van der Waals surface area contributed by atoms with E-state index in [1.54, 1.807) is 17.0 Å². The van der Waals surface area contributed by atoms with Crippen LogP contribution in [0.25, 0.3) is 0 Å². The number of fused-ring (bicyclic) bond motifs is 1. The number of rotatable bonds is 11. The van der Waals surface area contributed by atoms with Crippen molar-refractivity contribution in [3.63, 3.8) is 0 Å². The lowest BCUT2D eigenvalue weighted by Crippen LogP contribution is -2.45. The van der Waals surface area contributed by atoms with Gasteiger partial charge in [-0.3, -0.25) is 19.2 Å². The highest BCUT2D eigenvalue weighted by atomic mass is 35.5. The molecule has 1 aliphatic rings. The van der Waals surface area contributed by atoms with Gasteiger partial charge in [-0.1, -0.05) is 17.7 Å². The molecule has 0 radical (unpaired) electrons. The molecular weight excluding hydrogens is 635 g/mol. The minimum absolute atomic E-state index is 0.00510. The molecule has 0 aromatic heterocycles. The zero-order valence-corrected chi connectivity index (χ0v) is 27.8. The van der Waals surface area contributed by atoms with E-state index >= 15 is 4.39 Å². The molecule has 3 N–H and O–H groups in total. The third-order valence-electron chi connectivity index (χ3n) is 7.50. The molecule has 1 atom stereocenters. The minimum atomic E-state index is -1.17. The van der Waals surface area contributed by atoms with E-state index in [2.05, 4.69) is 16.0 Å². The molecule has 4 amide bonds. The molecular formula is C33H36ClFN4O8. The molecule has 0 saturated carbocycles. The van der Waals surface area contributed by atoms with E-state index in [4.69, 9.17) is 30.5 Å². The van der Waals surface area contributed by atoms with Crippen molar-refractivity contribution >= 4 is 46.6 Å². The summed E-state index contributed by atoms with van der Waals surface area (Å²) in [6.07, 6.45) is -0.262. The number of carbonyl (C=O) groups is 4. The predicted octanol–water partition coefficient (Wildman–Crippen LogP) is 5.48. The van der Waals surface area contributed by atoms with Crippen LogP contribution in [-0.2, 0) is 9.59 Å². The van der Waals surface area contributed by atoms with Crippen molar-refractivity contribution in [3.8, 4) is 28.7 Å². The Kier molecular flexibility index (Phi) is 10.8. The summed E-state index contributed by atoms with van der Waals surface area (Å²) < 4.78 is 37.5. The Morgan fingerprint density at radius 3 is 2.13 bits per heavy atom. The summed E-state index contributed by atoms with van der Waals surface area (Å²) in [5.41, 5.74) is 1.14. The first-order chi connectivity index (χ1) is 22.4. The van der Waals surface area contributed by atoms with Gasteiger partial charge in [-0.25, -0.2) is 4.39 Å². The standard InChI is InChI=1S/C33H36ClFN4O8/c1-8-39(9-2)24(40)15-22-32(42)36-20-14-21(23(13-19(20)31(41)38-22)47-18-11-16(3)10-17(4)12-18)37-33(43)25-26(34)28(44-5)30(46-7)29(45-6)27(25)35/h10-14,22H,8-9,15H2,1-7H3,(H,36,42)(H,37,43)(H,38,41)/t22-/m0/s1. The Morgan fingerprint density at radius 2 is 1.55 bits per heavy atom. The van der Waals surface area contributed by atoms with E-state index in [0.717, 1.165) is 11.1 Å². The summed E-state index contributed by atoms with van der Waals surface area (Å²) in [4.78, 5) is 54.7. The number of hydrogen-bond donors (Lipinski definition) is 3. The summed E-state index contributed by atoms with van der Waals surface area (Å²) in [7, 11) is 3.72. The third kappa shape index (κ3) is 7.19. The number of nitrogens with zero attached hydrogens (tertiary/aromatic N) is 1. The van der Waals surface area contributed by atoms with Gasteiger partial charge in [0.05, 0.1) is 44.7 Å². The van der Waals surface area contributed by atoms with Crippen molar-refractivity contribution in [2.45, 2.75) is 40.2 Å². The number of aryl methyl sites for hydroxylation is 2. The van der Waals surface area contributed by atoms with Gasteiger partial charge >= 0.3 is 0 Å². The van der Waals surface area contributed by atoms with Gasteiger partial charge in [0.15, 0.2) is 17.3 Å². The number of halogens is 2. The molecule has 12 nitrogen and oxygen atoms in total. The molecule has 3 aromatic carbocycles. The van der Waals surface area contributed by atoms with Gasteiger partial charge in [0.2, 0.25) is 23.3 Å². The van der Waals surface area contributed by atoms with Crippen molar-refractivity contribution in [1.82, 2.24) is 10.2 Å². The summed E-state index contributed by atoms with van der Waals surface area (Å²) >= 11 is 6.43. The normalized spacial score (nSPS) is 13.9. The maximum absolute atomic E-state index is 15.7. The van der Waals surface area contributed by atoms with E-state index in [9.17, 15) is 19.2 Å². The van der Waals surface area contributed by atoms with Gasteiger partial charge in [0.25, 0.3) is 11.8 Å². The van der Waals surface area contributed by atoms with E-state index in [0.29, 0.717) is 18.8 Å². The van der Waals surface area contributed by atoms with Crippen LogP contribution in [0.4, 0.5) is 15.8 Å². The van der Waals surface area contributed by atoms with Crippen LogP contribution in [0.5, 0.6) is 28.7 Å². The summed E-state index contributed by atoms with van der Waals surface area (Å²) in [5, 5.41) is 7.48. The monoisotopic (exact) mass is 670 g/mol. The number of hydrogen-bond acceptors (Lipinski definition) is 8. The van der Waals surface area contributed by atoms with Crippen molar-refractivity contribution < 1.29 is 42.5 Å². The highest BCUT2D eigenvalue weighted by Gasteiger charge is 2.33. The van der Waals surface area contributed by atoms with Crippen LogP contribution >= 0.6 is 11.6 Å². The summed E-state index contributed by atoms with van der Waals surface area (Å²) in [6.45, 7) is 8.25. The Morgan fingerprint density at radius 1 is 0.936 bits per heavy atom. The third-order valence-corrected chi connectivity index (χ3v) is 7.86. The Balaban J connectivity index is 1.81. The van der Waals surface area contributed by atoms with Crippen LogP contribution in [0, 0.1) is 19.7 Å². The fourth-order valence-corrected chi connectivity index (χ4v) is 5.61. The second-order valence-corrected chi connectivity index (χ2v) is 11.0. The smallest absolute Gasteiger partial charge is 0.260 e. The van der Waals surface area contributed by atoms with Crippen LogP contribution in [0.15, 0.2) is 30.3 Å². The van der Waals surface area contributed by atoms with E-state index in [1.807, 2.05) is 33.8 Å². The molecule has 14 heteroatoms. The number of nitrogens with one attached hydrogen (secondary N) is 3. The van der Waals surface area contributed by atoms with E-state index in [1.165, 1.54) is 33.5 Å². The first kappa shape index (κ1) is 34.8. The number of carbonyl (C=O) groups excluding carboxylic acids is 4. The van der Waals surface area contributed by atoms with Gasteiger partial charge in [0.1, 0.15) is 22.4 Å². The lowest BCUT2D eigenvalue weighted by molar-refractivity contribution is -0.133. The largest absolute Gasteiger partial charge is 0.491 e. The second kappa shape index (κ2) is 14.6. The second-order valence-electron chi connectivity index (χ2n) is 10.7. The fraction of sp³-hybridized carbons (Fsp3) is 0.333. The van der Waals surface area contributed by atoms with Crippen molar-refractivity contribution in [3.05, 3.63) is 63.4 Å². The Labute approximate surface area is 276 Å². The molecule has 0 saturated heterocycles. The zero-order valence-electron chi connectivity index (χ0n) is 27.1. The van der Waals surface area contributed by atoms with Crippen LogP contribution in [0.1, 0.15) is 52.1 Å². The lowest BCUT2D eigenvalue weighted by Gasteiger charge is -2.21. The van der Waals surface area contributed by atoms with Gasteiger partial charge < -0.3 is 39.8 Å². The molecule has 3 aromatic rings. The van der Waals surface area contributed by atoms with Gasteiger partial charge in [-0.05, 0) is 63.1 Å². The number of ether oxygens (including phenoxy) is 4. The molecule has 0 fully saturated rings. The number of methoxy groups -OCH3 is 3. The fourth-order valence-electron chi connectivity index (χ4n) is 5.28. The van der Waals surface area contributed by atoms with Gasteiger partial charge in [-0.2, -0.15) is 0 Å². The average Bonchev–Trinajstić information content (AvgIpc) is 3.11. The molecule has 250 valence electrons. The molecule has 1 aliphatic heterocycles. The number of benzene rings is 3. The maximum atomic E-state index is 15.7. The Hall–Kier alpha value is -5.04. The van der Waals surface area contributed by atoms with Crippen LogP contribution in [0.2, 0.25) is 5.02 Å². The van der Waals surface area contributed by atoms with Crippen molar-refractivity contribution in [2.75, 3.05) is 45.1 Å². The van der Waals surface area contributed by atoms with E-state index < -0.39 is 40.9 Å². The molecule has 1 heterocycles. The Bertz CT molecular complexity index is 1690. The zero-order chi connectivity index (χ0) is 34.6. The SMILES string of the molecule is CCN(CC)C(=O)C[C@@H]1NC(=O)c2cc(Oc3cc(C)cc(C)c3)c(NC(=O)c3c(F)c(OC)c(OC)c(OC)c3Cl)cc2NC1=O. The van der Waals surface area contributed by atoms with Crippen molar-refractivity contribution in [2.24, 2.45) is 0 Å². The number of amides is 4. The lowest BCUT2D eigenvalue weighted by atomic mass is 10.1. The highest BCUT2D eigenvalue weighted by Crippen LogP contribution is 2.47. The highest BCUT2D eigenvalue weighted by molar-refractivity contribution is 6.36. The van der Waals surface area contributed by atoms with E-state index in [-0.39, 0.29) is 51.5 Å². The number of anilines is 2. The van der Waals surface area contributed by atoms with Crippen LogP contribution in [0.3, 0.4) is 0 Å². The molecule has 0 aliphatic carbocycles. The summed E-state index contributed by atoms with van der Waals surface area (Å²) in [5.74, 6) is -4.07. The van der Waals surface area contributed by atoms with Crippen molar-refractivity contribution in [1.29, 1.82) is 0 Å². The van der Waals surface area contributed by atoms with Gasteiger partial charge in [0, 0.05) is 13.1 Å². The molecule has 47 heavy (non-hydrogen) atoms. The molecule has 0 unspecified atom stereocenters. The summed E-state index contributed by atoms with van der Waals surface area (Å²) in [6, 6.07) is 6.90. The quantitative estimate of drug-likeness (QED) is 0.244. The maximum Gasteiger partial charge on any atom is 0.260 e. The van der Waals surface area contributed by atoms with Gasteiger partial charge in [-0.15, -0.1) is 0 Å². The molecule has 0 bridgehead atoms. The average molecular weight is 671 g/mol. The molecule has 4 rings (SSSR count). The minimum Gasteiger partial charge on any atom is -0.491 e. The van der Waals surface area contributed by atoms with Crippen LogP contribution in [-0.4, -0.2) is 69.0 Å². The van der Waals surface area contributed by atoms with Crippen LogP contribution < -0.4 is 34.9 Å². The topological polar surface area (TPSA) is 145 Å². The first-order valence-corrected chi connectivity index (χ1v) is 15.1. The first-order valence-electron chi connectivity index (χ1n) is 14.7. The predicted molar refractivity (Wildman–Crippen MR) is 174 cm³/mol. The molecule has 0 spiro atoms.